The Bertz CT molecular complexity index is 504. The topological polar surface area (TPSA) is 12.0 Å². The van der Waals surface area contributed by atoms with Gasteiger partial charge in [-0.05, 0) is 28.8 Å². The van der Waals surface area contributed by atoms with Crippen LogP contribution in [-0.4, -0.2) is 0 Å². The maximum atomic E-state index is 12.8. The molecule has 0 bridgehead atoms. The van der Waals surface area contributed by atoms with Crippen LogP contribution in [0.5, 0.6) is 0 Å². The minimum atomic E-state index is -0.185. The first-order valence-corrected chi connectivity index (χ1v) is 5.41. The van der Waals surface area contributed by atoms with Crippen molar-refractivity contribution in [1.82, 2.24) is 5.32 Å². The summed E-state index contributed by atoms with van der Waals surface area (Å²) in [6.07, 6.45) is 0. The summed E-state index contributed by atoms with van der Waals surface area (Å²) in [5.41, 5.74) is 3.75. The Hall–Kier alpha value is -1.67. The van der Waals surface area contributed by atoms with E-state index < -0.39 is 0 Å². The average Bonchev–Trinajstić information content (AvgIpc) is 2.74. The van der Waals surface area contributed by atoms with Crippen LogP contribution >= 0.6 is 0 Å². The largest absolute Gasteiger partial charge is 0.302 e. The van der Waals surface area contributed by atoms with Crippen LogP contribution in [0.3, 0.4) is 0 Å². The predicted octanol–water partition coefficient (Wildman–Crippen LogP) is 3.02. The highest BCUT2D eigenvalue weighted by molar-refractivity contribution is 5.40. The van der Waals surface area contributed by atoms with Crippen molar-refractivity contribution in [2.24, 2.45) is 0 Å². The van der Waals surface area contributed by atoms with Gasteiger partial charge >= 0.3 is 0 Å². The summed E-state index contributed by atoms with van der Waals surface area (Å²) in [4.78, 5) is 0. The van der Waals surface area contributed by atoms with E-state index in [2.05, 4.69) is 17.4 Å². The Morgan fingerprint density at radius 3 is 2.56 bits per heavy atom. The summed E-state index contributed by atoms with van der Waals surface area (Å²) < 4.78 is 12.8. The van der Waals surface area contributed by atoms with Crippen molar-refractivity contribution in [3.63, 3.8) is 0 Å². The molecule has 0 saturated heterocycles. The molecule has 1 aliphatic rings. The monoisotopic (exact) mass is 213 g/mol. The maximum Gasteiger partial charge on any atom is 0.123 e. The molecule has 0 fully saturated rings. The van der Waals surface area contributed by atoms with E-state index >= 15 is 0 Å². The fourth-order valence-corrected chi connectivity index (χ4v) is 2.25. The summed E-state index contributed by atoms with van der Waals surface area (Å²) in [5.74, 6) is -0.185. The van der Waals surface area contributed by atoms with Gasteiger partial charge in [0.2, 0.25) is 0 Å². The highest BCUT2D eigenvalue weighted by Crippen LogP contribution is 2.30. The van der Waals surface area contributed by atoms with Crippen molar-refractivity contribution in [2.45, 2.75) is 12.6 Å². The average molecular weight is 213 g/mol. The third-order valence-electron chi connectivity index (χ3n) is 3.07. The number of rotatable bonds is 1. The zero-order valence-corrected chi connectivity index (χ0v) is 8.78. The first-order valence-electron chi connectivity index (χ1n) is 5.41. The molecular weight excluding hydrogens is 201 g/mol. The zero-order valence-electron chi connectivity index (χ0n) is 8.78. The van der Waals surface area contributed by atoms with Gasteiger partial charge in [-0.25, -0.2) is 4.39 Å². The highest BCUT2D eigenvalue weighted by atomic mass is 19.1. The maximum absolute atomic E-state index is 12.8. The van der Waals surface area contributed by atoms with Gasteiger partial charge in [0.25, 0.3) is 0 Å². The third-order valence-corrected chi connectivity index (χ3v) is 3.07. The van der Waals surface area contributed by atoms with Gasteiger partial charge < -0.3 is 5.32 Å². The lowest BCUT2D eigenvalue weighted by molar-refractivity contribution is 0.622. The Labute approximate surface area is 93.9 Å². The molecule has 2 aromatic carbocycles. The van der Waals surface area contributed by atoms with Crippen molar-refractivity contribution in [2.75, 3.05) is 0 Å². The van der Waals surface area contributed by atoms with Gasteiger partial charge in [0.15, 0.2) is 0 Å². The number of benzene rings is 2. The predicted molar refractivity (Wildman–Crippen MR) is 61.5 cm³/mol. The van der Waals surface area contributed by atoms with Gasteiger partial charge in [-0.1, -0.05) is 36.4 Å². The first-order chi connectivity index (χ1) is 7.84. The van der Waals surface area contributed by atoms with Crippen LogP contribution < -0.4 is 5.32 Å². The molecule has 2 heteroatoms. The fourth-order valence-electron chi connectivity index (χ4n) is 2.25. The van der Waals surface area contributed by atoms with Crippen LogP contribution in [0.1, 0.15) is 22.7 Å². The summed E-state index contributed by atoms with van der Waals surface area (Å²) >= 11 is 0. The van der Waals surface area contributed by atoms with Crippen LogP contribution in [0.15, 0.2) is 48.5 Å². The Kier molecular flexibility index (Phi) is 2.22. The van der Waals surface area contributed by atoms with E-state index in [0.717, 1.165) is 12.1 Å². The second-order valence-corrected chi connectivity index (χ2v) is 4.06. The van der Waals surface area contributed by atoms with E-state index in [4.69, 9.17) is 0 Å². The van der Waals surface area contributed by atoms with Crippen molar-refractivity contribution in [3.8, 4) is 0 Å². The molecule has 80 valence electrons. The molecule has 1 nitrogen and oxygen atoms in total. The minimum Gasteiger partial charge on any atom is -0.302 e. The molecule has 2 aromatic rings. The molecule has 0 amide bonds. The van der Waals surface area contributed by atoms with Crippen molar-refractivity contribution < 1.29 is 4.39 Å². The summed E-state index contributed by atoms with van der Waals surface area (Å²) in [6.45, 7) is 0.887. The normalized spacial score (nSPS) is 18.4. The first kappa shape index (κ1) is 9.55. The SMILES string of the molecule is Fc1ccc(C2NCc3ccccc32)cc1. The molecule has 0 saturated carbocycles. The molecule has 3 rings (SSSR count). The van der Waals surface area contributed by atoms with E-state index in [1.807, 2.05) is 24.3 Å². The van der Waals surface area contributed by atoms with E-state index in [-0.39, 0.29) is 11.9 Å². The van der Waals surface area contributed by atoms with Crippen molar-refractivity contribution in [3.05, 3.63) is 71.0 Å². The molecule has 1 unspecified atom stereocenters. The lowest BCUT2D eigenvalue weighted by atomic mass is 9.99. The molecule has 16 heavy (non-hydrogen) atoms. The van der Waals surface area contributed by atoms with E-state index in [1.165, 1.54) is 23.3 Å². The van der Waals surface area contributed by atoms with Crippen molar-refractivity contribution in [1.29, 1.82) is 0 Å². The molecule has 1 atom stereocenters. The quantitative estimate of drug-likeness (QED) is 0.767. The van der Waals surface area contributed by atoms with E-state index in [0.29, 0.717) is 0 Å². The fraction of sp³-hybridized carbons (Fsp3) is 0.143. The number of nitrogens with one attached hydrogen (secondary N) is 1. The third kappa shape index (κ3) is 1.51. The van der Waals surface area contributed by atoms with Crippen LogP contribution in [0.25, 0.3) is 0 Å². The second kappa shape index (κ2) is 3.72. The molecule has 1 heterocycles. The molecule has 0 aromatic heterocycles. The number of hydrogen-bond donors (Lipinski definition) is 1. The minimum absolute atomic E-state index is 0.185. The molecular formula is C14H12FN. The van der Waals surface area contributed by atoms with Crippen molar-refractivity contribution >= 4 is 0 Å². The molecule has 1 aliphatic heterocycles. The Balaban J connectivity index is 2.01. The number of halogens is 1. The number of fused-ring (bicyclic) bond motifs is 1. The molecule has 0 radical (unpaired) electrons. The van der Waals surface area contributed by atoms with Gasteiger partial charge in [0.1, 0.15) is 5.82 Å². The Morgan fingerprint density at radius 2 is 1.75 bits per heavy atom. The van der Waals surface area contributed by atoms with Gasteiger partial charge in [0.05, 0.1) is 6.04 Å². The van der Waals surface area contributed by atoms with Crippen LogP contribution in [0.4, 0.5) is 4.39 Å². The number of hydrogen-bond acceptors (Lipinski definition) is 1. The smallest absolute Gasteiger partial charge is 0.123 e. The van der Waals surface area contributed by atoms with Gasteiger partial charge in [-0.3, -0.25) is 0 Å². The van der Waals surface area contributed by atoms with E-state index in [9.17, 15) is 4.39 Å². The summed E-state index contributed by atoms with van der Waals surface area (Å²) in [6, 6.07) is 15.3. The Morgan fingerprint density at radius 1 is 1.00 bits per heavy atom. The molecule has 0 spiro atoms. The highest BCUT2D eigenvalue weighted by Gasteiger charge is 2.22. The summed E-state index contributed by atoms with van der Waals surface area (Å²) in [7, 11) is 0. The zero-order chi connectivity index (χ0) is 11.0. The van der Waals surface area contributed by atoms with Gasteiger partial charge in [0, 0.05) is 6.54 Å². The van der Waals surface area contributed by atoms with Gasteiger partial charge in [-0.2, -0.15) is 0 Å². The summed E-state index contributed by atoms with van der Waals surface area (Å²) in [5, 5.41) is 3.44. The van der Waals surface area contributed by atoms with Gasteiger partial charge in [-0.15, -0.1) is 0 Å². The lowest BCUT2D eigenvalue weighted by Crippen LogP contribution is -2.13. The van der Waals surface area contributed by atoms with Crippen LogP contribution in [0.2, 0.25) is 0 Å². The second-order valence-electron chi connectivity index (χ2n) is 4.06. The molecule has 1 N–H and O–H groups in total. The van der Waals surface area contributed by atoms with E-state index in [1.54, 1.807) is 0 Å². The van der Waals surface area contributed by atoms with Crippen LogP contribution in [0, 0.1) is 5.82 Å². The standard InChI is InChI=1S/C14H12FN/c15-12-7-5-10(6-8-12)14-13-4-2-1-3-11(13)9-16-14/h1-8,14,16H,9H2. The van der Waals surface area contributed by atoms with Crippen LogP contribution in [-0.2, 0) is 6.54 Å². The lowest BCUT2D eigenvalue weighted by Gasteiger charge is -2.12. The molecule has 0 aliphatic carbocycles.